The van der Waals surface area contributed by atoms with Gasteiger partial charge >= 0.3 is 12.3 Å². The molecule has 1 saturated heterocycles. The Bertz CT molecular complexity index is 1370. The molecule has 12 heteroatoms. The molecule has 1 amide bonds. The highest BCUT2D eigenvalue weighted by Gasteiger charge is 2.32. The molecule has 1 aliphatic rings. The minimum Gasteiger partial charge on any atom is -0.493 e. The lowest BCUT2D eigenvalue weighted by Gasteiger charge is -2.27. The summed E-state index contributed by atoms with van der Waals surface area (Å²) in [6.07, 6.45) is -4.20. The number of ether oxygens (including phenoxy) is 2. The van der Waals surface area contributed by atoms with Crippen LogP contribution in [0.25, 0.3) is 10.9 Å². The Morgan fingerprint density at radius 2 is 1.90 bits per heavy atom. The van der Waals surface area contributed by atoms with Crippen molar-refractivity contribution in [2.75, 3.05) is 44.8 Å². The molecule has 0 spiro atoms. The summed E-state index contributed by atoms with van der Waals surface area (Å²) >= 11 is 0. The van der Waals surface area contributed by atoms with E-state index in [1.54, 1.807) is 30.9 Å². The maximum atomic E-state index is 13.4. The zero-order chi connectivity index (χ0) is 28.5. The summed E-state index contributed by atoms with van der Waals surface area (Å²) in [5.41, 5.74) is 5.80. The topological polar surface area (TPSA) is 106 Å². The van der Waals surface area contributed by atoms with Crippen LogP contribution in [-0.4, -0.2) is 65.7 Å². The van der Waals surface area contributed by atoms with Gasteiger partial charge in [0.1, 0.15) is 11.6 Å². The van der Waals surface area contributed by atoms with E-state index in [2.05, 4.69) is 20.2 Å². The second-order valence-corrected chi connectivity index (χ2v) is 9.92. The third kappa shape index (κ3) is 6.44. The van der Waals surface area contributed by atoms with E-state index in [1.165, 1.54) is 13.2 Å². The van der Waals surface area contributed by atoms with E-state index in [9.17, 15) is 18.0 Å². The van der Waals surface area contributed by atoms with E-state index in [0.29, 0.717) is 40.4 Å². The lowest BCUT2D eigenvalue weighted by molar-refractivity contribution is -0.137. The number of nitrogens with zero attached hydrogens (tertiary/aromatic N) is 4. The van der Waals surface area contributed by atoms with Crippen molar-refractivity contribution in [2.45, 2.75) is 45.5 Å². The zero-order valence-corrected chi connectivity index (χ0v) is 22.6. The molecular weight excluding hydrogens is 513 g/mol. The number of rotatable bonds is 5. The molecule has 3 aromatic rings. The molecular formula is C27H33F3N6O3. The number of fused-ring (bicyclic) bond motifs is 1. The molecule has 1 aliphatic heterocycles. The quantitative estimate of drug-likeness (QED) is 0.419. The molecule has 0 saturated carbocycles. The third-order valence-corrected chi connectivity index (χ3v) is 6.73. The van der Waals surface area contributed by atoms with Crippen LogP contribution in [0.15, 0.2) is 30.3 Å². The van der Waals surface area contributed by atoms with Crippen LogP contribution < -0.4 is 20.5 Å². The number of amides is 1. The van der Waals surface area contributed by atoms with Gasteiger partial charge in [-0.1, -0.05) is 0 Å². The summed E-state index contributed by atoms with van der Waals surface area (Å²) < 4.78 is 51.4. The van der Waals surface area contributed by atoms with Gasteiger partial charge in [0.15, 0.2) is 11.5 Å². The van der Waals surface area contributed by atoms with Crippen LogP contribution in [0.4, 0.5) is 29.5 Å². The minimum absolute atomic E-state index is 0.00470. The summed E-state index contributed by atoms with van der Waals surface area (Å²) in [6.45, 7) is 7.56. The van der Waals surface area contributed by atoms with Gasteiger partial charge < -0.3 is 30.3 Å². The molecule has 0 radical (unpaired) electrons. The average Bonchev–Trinajstić information content (AvgIpc) is 3.02. The van der Waals surface area contributed by atoms with E-state index in [4.69, 9.17) is 15.2 Å². The van der Waals surface area contributed by atoms with Crippen LogP contribution in [0.2, 0.25) is 0 Å². The fourth-order valence-corrected chi connectivity index (χ4v) is 4.78. The molecule has 0 aliphatic carbocycles. The summed E-state index contributed by atoms with van der Waals surface area (Å²) in [5.74, 6) is 1.31. The summed E-state index contributed by atoms with van der Waals surface area (Å²) in [4.78, 5) is 26.0. The molecule has 4 rings (SSSR count). The van der Waals surface area contributed by atoms with Gasteiger partial charge in [0, 0.05) is 36.3 Å². The molecule has 2 aromatic carbocycles. The van der Waals surface area contributed by atoms with Gasteiger partial charge in [0.2, 0.25) is 0 Å². The Kier molecular flexibility index (Phi) is 8.05. The van der Waals surface area contributed by atoms with Crippen LogP contribution in [0.3, 0.4) is 0 Å². The fourth-order valence-electron chi connectivity index (χ4n) is 4.78. The first kappa shape index (κ1) is 28.2. The van der Waals surface area contributed by atoms with Crippen molar-refractivity contribution in [1.82, 2.24) is 19.8 Å². The number of halogens is 3. The third-order valence-electron chi connectivity index (χ3n) is 6.73. The van der Waals surface area contributed by atoms with Gasteiger partial charge in [-0.2, -0.15) is 13.2 Å². The number of aryl methyl sites for hydroxylation is 1. The maximum Gasteiger partial charge on any atom is 0.416 e. The van der Waals surface area contributed by atoms with Crippen LogP contribution in [0.5, 0.6) is 11.5 Å². The first-order chi connectivity index (χ1) is 18.3. The van der Waals surface area contributed by atoms with E-state index >= 15 is 0 Å². The van der Waals surface area contributed by atoms with Crippen molar-refractivity contribution in [3.63, 3.8) is 0 Å². The number of nitrogens with one attached hydrogen (secondary N) is 1. The van der Waals surface area contributed by atoms with Crippen LogP contribution in [-0.2, 0) is 6.18 Å². The SMILES string of the molecule is COc1cc2nc(C)nc(NC(C)c3cc(N)cc(C(F)(F)F)c3)c2cc1OC(=O)N1CCCN(C)CC1C. The Morgan fingerprint density at radius 3 is 2.59 bits per heavy atom. The maximum absolute atomic E-state index is 13.4. The Hall–Kier alpha value is -3.80. The van der Waals surface area contributed by atoms with Gasteiger partial charge in [0.25, 0.3) is 0 Å². The molecule has 2 heterocycles. The first-order valence-corrected chi connectivity index (χ1v) is 12.6. The number of nitrogens with two attached hydrogens (primary N) is 1. The monoisotopic (exact) mass is 546 g/mol. The highest BCUT2D eigenvalue weighted by molar-refractivity contribution is 5.92. The van der Waals surface area contributed by atoms with Crippen molar-refractivity contribution >= 4 is 28.5 Å². The van der Waals surface area contributed by atoms with Gasteiger partial charge in [0.05, 0.1) is 24.2 Å². The van der Waals surface area contributed by atoms with Crippen molar-refractivity contribution in [3.8, 4) is 11.5 Å². The van der Waals surface area contributed by atoms with Gasteiger partial charge in [-0.3, -0.25) is 0 Å². The predicted octanol–water partition coefficient (Wildman–Crippen LogP) is 5.25. The molecule has 0 bridgehead atoms. The molecule has 1 fully saturated rings. The second kappa shape index (κ2) is 11.1. The average molecular weight is 547 g/mol. The molecule has 39 heavy (non-hydrogen) atoms. The summed E-state index contributed by atoms with van der Waals surface area (Å²) in [6, 6.07) is 6.06. The number of hydrogen-bond donors (Lipinski definition) is 2. The molecule has 3 N–H and O–H groups in total. The molecule has 2 unspecified atom stereocenters. The smallest absolute Gasteiger partial charge is 0.416 e. The zero-order valence-electron chi connectivity index (χ0n) is 22.6. The summed E-state index contributed by atoms with van der Waals surface area (Å²) in [5, 5.41) is 3.69. The number of nitrogen functional groups attached to an aromatic ring is 1. The van der Waals surface area contributed by atoms with E-state index < -0.39 is 23.9 Å². The van der Waals surface area contributed by atoms with Crippen LogP contribution >= 0.6 is 0 Å². The van der Waals surface area contributed by atoms with Gasteiger partial charge in [-0.15, -0.1) is 0 Å². The lowest BCUT2D eigenvalue weighted by Crippen LogP contribution is -2.43. The molecule has 9 nitrogen and oxygen atoms in total. The molecule has 1 aromatic heterocycles. The highest BCUT2D eigenvalue weighted by atomic mass is 19.4. The van der Waals surface area contributed by atoms with Gasteiger partial charge in [-0.25, -0.2) is 14.8 Å². The standard InChI is InChI=1S/C27H33F3N6O3/c1-15-14-35(4)7-6-8-36(15)26(37)39-24-12-21-22(13-23(24)38-5)33-17(3)34-25(21)32-16(2)18-9-19(27(28,29)30)11-20(31)10-18/h9-13,15-16H,6-8,14,31H2,1-5H3,(H,32,33,34). The summed E-state index contributed by atoms with van der Waals surface area (Å²) in [7, 11) is 3.48. The Balaban J connectivity index is 1.68. The number of hydrogen-bond acceptors (Lipinski definition) is 8. The normalized spacial score (nSPS) is 17.5. The predicted molar refractivity (Wildman–Crippen MR) is 143 cm³/mol. The van der Waals surface area contributed by atoms with Gasteiger partial charge in [-0.05, 0) is 70.6 Å². The second-order valence-electron chi connectivity index (χ2n) is 9.92. The minimum atomic E-state index is -4.53. The lowest BCUT2D eigenvalue weighted by atomic mass is 10.0. The Morgan fingerprint density at radius 1 is 1.15 bits per heavy atom. The van der Waals surface area contributed by atoms with E-state index in [0.717, 1.165) is 31.6 Å². The number of likely N-dealkylation sites (N-methyl/N-ethyl adjacent to an activating group) is 1. The fraction of sp³-hybridized carbons (Fsp3) is 0.444. The van der Waals surface area contributed by atoms with E-state index in [-0.39, 0.29) is 17.5 Å². The number of anilines is 2. The van der Waals surface area contributed by atoms with Crippen molar-refractivity contribution in [3.05, 3.63) is 47.3 Å². The Labute approximate surface area is 225 Å². The van der Waals surface area contributed by atoms with Crippen molar-refractivity contribution in [2.24, 2.45) is 0 Å². The van der Waals surface area contributed by atoms with E-state index in [1.807, 2.05) is 14.0 Å². The van der Waals surface area contributed by atoms with Crippen LogP contribution in [0.1, 0.15) is 43.3 Å². The van der Waals surface area contributed by atoms with Crippen molar-refractivity contribution in [1.29, 1.82) is 0 Å². The number of carbonyl (C=O) groups is 1. The number of carbonyl (C=O) groups excluding carboxylic acids is 1. The highest BCUT2D eigenvalue weighted by Crippen LogP contribution is 2.37. The molecule has 210 valence electrons. The number of methoxy groups -OCH3 is 1. The van der Waals surface area contributed by atoms with Crippen molar-refractivity contribution < 1.29 is 27.4 Å². The number of aromatic nitrogens is 2. The molecule has 2 atom stereocenters. The first-order valence-electron chi connectivity index (χ1n) is 12.6. The largest absolute Gasteiger partial charge is 0.493 e. The van der Waals surface area contributed by atoms with Crippen LogP contribution in [0, 0.1) is 6.92 Å². The number of benzene rings is 2. The number of alkyl halides is 3.